The van der Waals surface area contributed by atoms with Gasteiger partial charge >= 0.3 is 5.51 Å². The lowest BCUT2D eigenvalue weighted by Crippen LogP contribution is -2.29. The molecule has 0 amide bonds. The zero-order chi connectivity index (χ0) is 21.1. The minimum absolute atomic E-state index is 0.247. The highest BCUT2D eigenvalue weighted by Gasteiger charge is 2.55. The van der Waals surface area contributed by atoms with Crippen LogP contribution in [0, 0.1) is 5.82 Å². The van der Waals surface area contributed by atoms with E-state index in [9.17, 15) is 45.1 Å². The van der Waals surface area contributed by atoms with Crippen molar-refractivity contribution >= 4 is 9.84 Å². The number of alkyl halides is 5. The molecule has 28 heavy (non-hydrogen) atoms. The Morgan fingerprint density at radius 1 is 1.21 bits per heavy atom. The van der Waals surface area contributed by atoms with Crippen molar-refractivity contribution in [1.82, 2.24) is 0 Å². The highest BCUT2D eigenvalue weighted by Crippen LogP contribution is 2.51. The number of aliphatic hydroxyl groups excluding tert-OH is 1. The number of halogens is 6. The van der Waals surface area contributed by atoms with Crippen molar-refractivity contribution in [2.75, 3.05) is 0 Å². The van der Waals surface area contributed by atoms with Crippen LogP contribution in [0.15, 0.2) is 35.5 Å². The molecule has 13 heteroatoms. The Bertz CT molecular complexity index is 1030. The lowest BCUT2D eigenvalue weighted by Gasteiger charge is -2.17. The van der Waals surface area contributed by atoms with Gasteiger partial charge in [0.1, 0.15) is 11.9 Å². The molecule has 1 unspecified atom stereocenters. The number of rotatable bonds is 3. The van der Waals surface area contributed by atoms with Gasteiger partial charge in [0, 0.05) is 28.3 Å². The number of aliphatic hydroxyl groups is 1. The second-order valence-electron chi connectivity index (χ2n) is 5.92. The average molecular weight is 430 g/mol. The van der Waals surface area contributed by atoms with E-state index in [1.54, 1.807) is 0 Å². The third-order valence-electron chi connectivity index (χ3n) is 3.98. The minimum atomic E-state index is -6.04. The van der Waals surface area contributed by atoms with E-state index in [4.69, 9.17) is 4.74 Å². The van der Waals surface area contributed by atoms with E-state index in [0.29, 0.717) is 18.3 Å². The fourth-order valence-corrected chi connectivity index (χ4v) is 3.81. The standard InChI is InChI=1S/C15H10F6NO5S/c16-7-3-8(6-22(24)5-7)27-10-1-2-11(28(25,26)15(19,20)21)12-9(10)4-14(17,18)13(12)23/h1-3,5-6,13,23-24H,4H2/q+1. The average Bonchev–Trinajstić information content (AvgIpc) is 2.76. The van der Waals surface area contributed by atoms with Crippen LogP contribution in [0.3, 0.4) is 0 Å². The molecular weight excluding hydrogens is 420 g/mol. The summed E-state index contributed by atoms with van der Waals surface area (Å²) in [6.07, 6.45) is -2.68. The Morgan fingerprint density at radius 3 is 2.43 bits per heavy atom. The van der Waals surface area contributed by atoms with E-state index in [2.05, 4.69) is 0 Å². The van der Waals surface area contributed by atoms with Crippen molar-refractivity contribution in [2.24, 2.45) is 0 Å². The maximum Gasteiger partial charge on any atom is 0.501 e. The predicted octanol–water partition coefficient (Wildman–Crippen LogP) is 2.66. The summed E-state index contributed by atoms with van der Waals surface area (Å²) in [5.41, 5.74) is -7.61. The van der Waals surface area contributed by atoms with Gasteiger partial charge in [0.25, 0.3) is 28.2 Å². The summed E-state index contributed by atoms with van der Waals surface area (Å²) in [5, 5.41) is 19.0. The summed E-state index contributed by atoms with van der Waals surface area (Å²) in [4.78, 5) is -1.52. The lowest BCUT2D eigenvalue weighted by atomic mass is 10.1. The van der Waals surface area contributed by atoms with Crippen LogP contribution in [0.4, 0.5) is 26.3 Å². The Kier molecular flexibility index (Phi) is 4.50. The van der Waals surface area contributed by atoms with Crippen LogP contribution in [0.2, 0.25) is 0 Å². The molecule has 2 N–H and O–H groups in total. The van der Waals surface area contributed by atoms with Gasteiger partial charge in [0.2, 0.25) is 0 Å². The summed E-state index contributed by atoms with van der Waals surface area (Å²) in [5.74, 6) is -5.90. The van der Waals surface area contributed by atoms with E-state index in [1.807, 2.05) is 0 Å². The highest BCUT2D eigenvalue weighted by atomic mass is 32.2. The van der Waals surface area contributed by atoms with Gasteiger partial charge in [-0.25, -0.2) is 21.6 Å². The van der Waals surface area contributed by atoms with Gasteiger partial charge in [-0.1, -0.05) is 0 Å². The lowest BCUT2D eigenvalue weighted by molar-refractivity contribution is -0.905. The predicted molar refractivity (Wildman–Crippen MR) is 77.1 cm³/mol. The molecule has 2 aromatic rings. The summed E-state index contributed by atoms with van der Waals surface area (Å²) < 4.78 is 109. The molecule has 0 spiro atoms. The number of nitrogens with zero attached hydrogens (tertiary/aromatic N) is 1. The first-order valence-electron chi connectivity index (χ1n) is 7.36. The van der Waals surface area contributed by atoms with E-state index >= 15 is 0 Å². The second kappa shape index (κ2) is 6.24. The molecule has 1 aromatic carbocycles. The first kappa shape index (κ1) is 20.2. The molecule has 0 radical (unpaired) electrons. The van der Waals surface area contributed by atoms with Gasteiger partial charge in [-0.05, 0) is 12.1 Å². The molecule has 1 aromatic heterocycles. The normalized spacial score (nSPS) is 18.8. The molecule has 1 aliphatic carbocycles. The molecular formula is C15H10F6NO5S+. The zero-order valence-electron chi connectivity index (χ0n) is 13.4. The van der Waals surface area contributed by atoms with Crippen molar-refractivity contribution in [3.05, 3.63) is 47.5 Å². The molecule has 0 bridgehead atoms. The van der Waals surface area contributed by atoms with Gasteiger partial charge in [-0.15, -0.1) is 0 Å². The number of pyridine rings is 1. The molecule has 0 aliphatic heterocycles. The fourth-order valence-electron chi connectivity index (χ4n) is 2.79. The number of hydrogen-bond donors (Lipinski definition) is 2. The summed E-state index contributed by atoms with van der Waals surface area (Å²) >= 11 is 0. The largest absolute Gasteiger partial charge is 0.501 e. The number of ether oxygens (including phenoxy) is 1. The Hall–Kier alpha value is -2.54. The number of hydrogen-bond acceptors (Lipinski definition) is 5. The maximum atomic E-state index is 14.0. The van der Waals surface area contributed by atoms with Crippen LogP contribution in [-0.2, 0) is 16.3 Å². The smallest absolute Gasteiger partial charge is 0.450 e. The first-order valence-corrected chi connectivity index (χ1v) is 8.84. The molecule has 3 rings (SSSR count). The van der Waals surface area contributed by atoms with Crippen molar-refractivity contribution in [3.8, 4) is 11.5 Å². The molecule has 0 fully saturated rings. The topological polar surface area (TPSA) is 87.7 Å². The fraction of sp³-hybridized carbons (Fsp3) is 0.267. The van der Waals surface area contributed by atoms with Crippen LogP contribution in [0.5, 0.6) is 11.5 Å². The van der Waals surface area contributed by atoms with Crippen LogP contribution in [0.25, 0.3) is 0 Å². The quantitative estimate of drug-likeness (QED) is 0.444. The van der Waals surface area contributed by atoms with E-state index in [0.717, 1.165) is 12.3 Å². The van der Waals surface area contributed by atoms with Crippen LogP contribution in [0.1, 0.15) is 17.2 Å². The minimum Gasteiger partial charge on any atom is -0.450 e. The number of benzene rings is 1. The van der Waals surface area contributed by atoms with Crippen LogP contribution < -0.4 is 9.47 Å². The molecule has 0 saturated heterocycles. The van der Waals surface area contributed by atoms with Gasteiger partial charge < -0.3 is 9.84 Å². The Labute approximate surface area is 153 Å². The van der Waals surface area contributed by atoms with Crippen molar-refractivity contribution in [2.45, 2.75) is 28.9 Å². The van der Waals surface area contributed by atoms with E-state index < -0.39 is 67.1 Å². The molecule has 152 valence electrons. The maximum absolute atomic E-state index is 14.0. The van der Waals surface area contributed by atoms with Crippen molar-refractivity contribution in [1.29, 1.82) is 0 Å². The SMILES string of the molecule is O=S(=O)(c1ccc(Oc2cc(F)c[n+](O)c2)c2c1C(O)C(F)(F)C2)C(F)(F)F. The van der Waals surface area contributed by atoms with Gasteiger partial charge in [0.05, 0.1) is 4.90 Å². The highest BCUT2D eigenvalue weighted by molar-refractivity contribution is 7.92. The monoisotopic (exact) mass is 430 g/mol. The second-order valence-corrected chi connectivity index (χ2v) is 7.83. The summed E-state index contributed by atoms with van der Waals surface area (Å²) in [7, 11) is -6.04. The molecule has 6 nitrogen and oxygen atoms in total. The van der Waals surface area contributed by atoms with E-state index in [-0.39, 0.29) is 4.73 Å². The zero-order valence-corrected chi connectivity index (χ0v) is 14.2. The number of fused-ring (bicyclic) bond motifs is 1. The number of sulfone groups is 1. The molecule has 1 atom stereocenters. The van der Waals surface area contributed by atoms with Gasteiger partial charge in [-0.3, -0.25) is 5.21 Å². The first-order chi connectivity index (χ1) is 12.7. The van der Waals surface area contributed by atoms with Gasteiger partial charge in [-0.2, -0.15) is 13.2 Å². The van der Waals surface area contributed by atoms with Crippen molar-refractivity contribution in [3.63, 3.8) is 0 Å². The van der Waals surface area contributed by atoms with Crippen LogP contribution in [-0.4, -0.2) is 30.2 Å². The van der Waals surface area contributed by atoms with Crippen LogP contribution >= 0.6 is 0 Å². The van der Waals surface area contributed by atoms with Gasteiger partial charge in [0.15, 0.2) is 11.6 Å². The molecule has 1 aliphatic rings. The Balaban J connectivity index is 2.19. The summed E-state index contributed by atoms with van der Waals surface area (Å²) in [6.45, 7) is 0. The number of aromatic nitrogens is 1. The Morgan fingerprint density at radius 2 is 1.86 bits per heavy atom. The third kappa shape index (κ3) is 3.24. The van der Waals surface area contributed by atoms with E-state index in [1.165, 1.54) is 0 Å². The molecule has 0 saturated carbocycles. The van der Waals surface area contributed by atoms with Crippen molar-refractivity contribution < 1.29 is 54.5 Å². The molecule has 1 heterocycles. The summed E-state index contributed by atoms with van der Waals surface area (Å²) in [6, 6.07) is 1.79. The third-order valence-corrected chi connectivity index (χ3v) is 5.52.